The summed E-state index contributed by atoms with van der Waals surface area (Å²) in [5.74, 6) is -0.943. The number of carbonyl (C=O) groups is 1. The van der Waals surface area contributed by atoms with Gasteiger partial charge in [-0.25, -0.2) is 5.48 Å². The maximum absolute atomic E-state index is 9.76. The number of aliphatic hydroxyl groups is 2. The van der Waals surface area contributed by atoms with Gasteiger partial charge in [0.1, 0.15) is 0 Å². The van der Waals surface area contributed by atoms with Crippen LogP contribution in [0.3, 0.4) is 0 Å². The van der Waals surface area contributed by atoms with Gasteiger partial charge in [0.25, 0.3) is 0 Å². The first-order valence-corrected chi connectivity index (χ1v) is 4.92. The summed E-state index contributed by atoms with van der Waals surface area (Å²) in [5.41, 5.74) is 1.85. The molecule has 0 spiro atoms. The van der Waals surface area contributed by atoms with Gasteiger partial charge in [0.2, 0.25) is 0 Å². The van der Waals surface area contributed by atoms with Crippen LogP contribution in [0.4, 0.5) is 0 Å². The minimum atomic E-state index is -0.693. The topological polar surface area (TPSA) is 110 Å². The minimum absolute atomic E-state index is 0.107. The minimum Gasteiger partial charge on any atom is -0.481 e. The third-order valence-corrected chi connectivity index (χ3v) is 1.64. The van der Waals surface area contributed by atoms with Gasteiger partial charge in [0, 0.05) is 32.1 Å². The predicted octanol–water partition coefficient (Wildman–Crippen LogP) is -0.173. The van der Waals surface area contributed by atoms with Gasteiger partial charge in [-0.05, 0) is 6.42 Å². The third kappa shape index (κ3) is 16.0. The highest BCUT2D eigenvalue weighted by molar-refractivity contribution is 5.66. The Bertz CT molecular complexity index is 138. The summed E-state index contributed by atoms with van der Waals surface area (Å²) in [6, 6.07) is 0. The number of rotatable bonds is 7. The molecule has 0 saturated heterocycles. The van der Waals surface area contributed by atoms with E-state index in [9.17, 15) is 4.79 Å². The fraction of sp³-hybridized carbons (Fsp3) is 0.889. The van der Waals surface area contributed by atoms with E-state index >= 15 is 0 Å². The Morgan fingerprint density at radius 1 is 1.33 bits per heavy atom. The molecule has 0 fully saturated rings. The van der Waals surface area contributed by atoms with Crippen molar-refractivity contribution < 1.29 is 25.3 Å². The van der Waals surface area contributed by atoms with E-state index in [-0.39, 0.29) is 25.7 Å². The molecule has 6 nitrogen and oxygen atoms in total. The number of unbranched alkanes of at least 4 members (excludes halogenated alkanes) is 1. The van der Waals surface area contributed by atoms with Gasteiger partial charge in [-0.1, -0.05) is 13.3 Å². The fourth-order valence-corrected chi connectivity index (χ4v) is 0.644. The van der Waals surface area contributed by atoms with Crippen LogP contribution in [-0.2, 0) is 4.79 Å². The van der Waals surface area contributed by atoms with E-state index in [0.29, 0.717) is 6.42 Å². The number of hydrogen-bond donors (Lipinski definition) is 5. The number of hydrogen-bond acceptors (Lipinski definition) is 5. The highest BCUT2D eigenvalue weighted by Crippen LogP contribution is 1.91. The highest BCUT2D eigenvalue weighted by atomic mass is 16.5. The van der Waals surface area contributed by atoms with Gasteiger partial charge in [0.15, 0.2) is 0 Å². The first-order chi connectivity index (χ1) is 7.12. The maximum Gasteiger partial charge on any atom is 0.303 e. The fourth-order valence-electron chi connectivity index (χ4n) is 0.644. The molecule has 0 unspecified atom stereocenters. The first-order valence-electron chi connectivity index (χ1n) is 4.92. The van der Waals surface area contributed by atoms with Crippen LogP contribution >= 0.6 is 0 Å². The van der Waals surface area contributed by atoms with Gasteiger partial charge in [-0.3, -0.25) is 4.79 Å². The Hall–Kier alpha value is -0.690. The molecular weight excluding hydrogens is 202 g/mol. The Labute approximate surface area is 89.5 Å². The number of carboxylic acids is 1. The molecule has 0 amide bonds. The zero-order chi connectivity index (χ0) is 12.1. The molecule has 0 radical (unpaired) electrons. The van der Waals surface area contributed by atoms with Gasteiger partial charge >= 0.3 is 5.97 Å². The second kappa shape index (κ2) is 13.3. The average Bonchev–Trinajstić information content (AvgIpc) is 2.23. The Kier molecular flexibility index (Phi) is 14.8. The second-order valence-electron chi connectivity index (χ2n) is 3.09. The van der Waals surface area contributed by atoms with Crippen molar-refractivity contribution in [1.29, 1.82) is 0 Å². The molecule has 6 heteroatoms. The van der Waals surface area contributed by atoms with Crippen molar-refractivity contribution in [1.82, 2.24) is 5.48 Å². The number of hydroxylamine groups is 1. The zero-order valence-electron chi connectivity index (χ0n) is 9.02. The highest BCUT2D eigenvalue weighted by Gasteiger charge is 2.02. The maximum atomic E-state index is 9.76. The molecule has 0 aliphatic heterocycles. The van der Waals surface area contributed by atoms with Crippen molar-refractivity contribution in [2.75, 3.05) is 19.8 Å². The quantitative estimate of drug-likeness (QED) is 0.383. The molecule has 5 N–H and O–H groups in total. The van der Waals surface area contributed by atoms with E-state index in [1.807, 2.05) is 12.4 Å². The summed E-state index contributed by atoms with van der Waals surface area (Å²) in [6.45, 7) is 1.99. The van der Waals surface area contributed by atoms with Gasteiger partial charge in [-0.2, -0.15) is 0 Å². The molecule has 0 aromatic carbocycles. The van der Waals surface area contributed by atoms with Crippen molar-refractivity contribution in [2.24, 2.45) is 5.92 Å². The summed E-state index contributed by atoms with van der Waals surface area (Å²) in [5, 5.41) is 32.8. The second-order valence-corrected chi connectivity index (χ2v) is 3.09. The van der Waals surface area contributed by atoms with Gasteiger partial charge < -0.3 is 20.5 Å². The Balaban J connectivity index is 0. The lowest BCUT2D eigenvalue weighted by Gasteiger charge is -2.06. The van der Waals surface area contributed by atoms with Crippen molar-refractivity contribution >= 4 is 5.97 Å². The molecular formula is C9H21NO5. The number of nitrogens with one attached hydrogen (secondary N) is 1. The lowest BCUT2D eigenvalue weighted by molar-refractivity contribution is -0.137. The zero-order valence-corrected chi connectivity index (χ0v) is 9.02. The van der Waals surface area contributed by atoms with Crippen LogP contribution in [0.5, 0.6) is 0 Å². The molecule has 0 saturated carbocycles. The molecule has 0 aromatic heterocycles. The van der Waals surface area contributed by atoms with Gasteiger partial charge in [-0.15, -0.1) is 0 Å². The lowest BCUT2D eigenvalue weighted by atomic mass is 10.2. The largest absolute Gasteiger partial charge is 0.481 e. The predicted molar refractivity (Wildman–Crippen MR) is 54.6 cm³/mol. The van der Waals surface area contributed by atoms with Crippen LogP contribution in [0.1, 0.15) is 26.2 Å². The van der Waals surface area contributed by atoms with Crippen LogP contribution in [0.25, 0.3) is 0 Å². The molecule has 15 heavy (non-hydrogen) atoms. The van der Waals surface area contributed by atoms with E-state index in [2.05, 4.69) is 0 Å². The molecule has 0 aliphatic carbocycles. The standard InChI is InChI=1S/C5H10O2.C4H11NO3/c1-2-3-4-5(6)7;6-2-4(3-7)1-5-8/h2-4H2,1H3,(H,6,7);4-8H,1-3H2. The normalized spacial score (nSPS) is 9.67. The first kappa shape index (κ1) is 16.7. The molecule has 0 rings (SSSR count). The Morgan fingerprint density at radius 3 is 2.00 bits per heavy atom. The summed E-state index contributed by atoms with van der Waals surface area (Å²) in [7, 11) is 0. The summed E-state index contributed by atoms with van der Waals surface area (Å²) in [6.07, 6.45) is 2.08. The van der Waals surface area contributed by atoms with Crippen molar-refractivity contribution in [3.63, 3.8) is 0 Å². The molecule has 0 aromatic rings. The SMILES string of the molecule is CCCCC(=O)O.OCC(CO)CNO. The van der Waals surface area contributed by atoms with Crippen LogP contribution in [0.2, 0.25) is 0 Å². The lowest BCUT2D eigenvalue weighted by Crippen LogP contribution is -2.24. The summed E-state index contributed by atoms with van der Waals surface area (Å²) in [4.78, 5) is 9.76. The summed E-state index contributed by atoms with van der Waals surface area (Å²) >= 11 is 0. The third-order valence-electron chi connectivity index (χ3n) is 1.64. The van der Waals surface area contributed by atoms with E-state index in [1.54, 1.807) is 0 Å². The van der Waals surface area contributed by atoms with Crippen molar-refractivity contribution in [3.05, 3.63) is 0 Å². The van der Waals surface area contributed by atoms with E-state index < -0.39 is 5.97 Å². The number of aliphatic carboxylic acids is 1. The van der Waals surface area contributed by atoms with Crippen LogP contribution in [0.15, 0.2) is 0 Å². The molecule has 92 valence electrons. The van der Waals surface area contributed by atoms with Crippen LogP contribution < -0.4 is 5.48 Å². The van der Waals surface area contributed by atoms with Crippen molar-refractivity contribution in [3.8, 4) is 0 Å². The van der Waals surface area contributed by atoms with E-state index in [1.165, 1.54) is 0 Å². The van der Waals surface area contributed by atoms with Crippen molar-refractivity contribution in [2.45, 2.75) is 26.2 Å². The van der Waals surface area contributed by atoms with Gasteiger partial charge in [0.05, 0.1) is 0 Å². The molecule has 0 aliphatic rings. The van der Waals surface area contributed by atoms with Crippen LogP contribution in [-0.4, -0.2) is 46.3 Å². The number of aliphatic hydroxyl groups excluding tert-OH is 2. The molecule has 0 atom stereocenters. The summed E-state index contributed by atoms with van der Waals surface area (Å²) < 4.78 is 0. The smallest absolute Gasteiger partial charge is 0.303 e. The van der Waals surface area contributed by atoms with E-state index in [4.69, 9.17) is 20.5 Å². The number of carboxylic acid groups (broad SMARTS) is 1. The van der Waals surface area contributed by atoms with E-state index in [0.717, 1.165) is 12.8 Å². The Morgan fingerprint density at radius 2 is 1.87 bits per heavy atom. The van der Waals surface area contributed by atoms with Crippen LogP contribution in [0, 0.1) is 5.92 Å². The monoisotopic (exact) mass is 223 g/mol. The molecule has 0 bridgehead atoms. The average molecular weight is 223 g/mol. The molecule has 0 heterocycles.